The molecule has 0 aromatic rings. The van der Waals surface area contributed by atoms with E-state index in [9.17, 15) is 9.59 Å². The minimum absolute atomic E-state index is 0.133. The Bertz CT molecular complexity index is 312. The molecule has 5 nitrogen and oxygen atoms in total. The smallest absolute Gasteiger partial charge is 0.222 e. The molecule has 1 atom stereocenters. The molecule has 1 unspecified atom stereocenters. The molecule has 1 saturated heterocycles. The van der Waals surface area contributed by atoms with Gasteiger partial charge in [-0.05, 0) is 38.1 Å². The number of nitrogens with two attached hydrogens (primary N) is 1. The first kappa shape index (κ1) is 17.0. The predicted octanol–water partition coefficient (Wildman–Crippen LogP) is 1.27. The fourth-order valence-electron chi connectivity index (χ4n) is 2.45. The van der Waals surface area contributed by atoms with Crippen molar-refractivity contribution in [2.24, 2.45) is 11.7 Å². The van der Waals surface area contributed by atoms with Crippen molar-refractivity contribution in [1.82, 2.24) is 10.2 Å². The lowest BCUT2D eigenvalue weighted by molar-refractivity contribution is -0.132. The van der Waals surface area contributed by atoms with Gasteiger partial charge in [-0.2, -0.15) is 0 Å². The molecular formula is C15H29N3O2. The van der Waals surface area contributed by atoms with Crippen molar-refractivity contribution in [2.45, 2.75) is 58.4 Å². The van der Waals surface area contributed by atoms with Crippen LogP contribution in [0.3, 0.4) is 0 Å². The molecule has 0 bridgehead atoms. The SMILES string of the molecule is CCCC(=O)NC1CCN(C(=O)CCC(C)CN)CC1. The third kappa shape index (κ3) is 5.90. The summed E-state index contributed by atoms with van der Waals surface area (Å²) in [6.07, 6.45) is 4.66. The van der Waals surface area contributed by atoms with Crippen LogP contribution >= 0.6 is 0 Å². The van der Waals surface area contributed by atoms with Crippen LogP contribution in [-0.2, 0) is 9.59 Å². The monoisotopic (exact) mass is 283 g/mol. The molecule has 1 aliphatic rings. The zero-order valence-corrected chi connectivity index (χ0v) is 12.9. The highest BCUT2D eigenvalue weighted by atomic mass is 16.2. The van der Waals surface area contributed by atoms with Gasteiger partial charge in [0, 0.05) is 32.0 Å². The summed E-state index contributed by atoms with van der Waals surface area (Å²) in [4.78, 5) is 25.5. The molecule has 5 heteroatoms. The Kier molecular flexibility index (Phi) is 7.59. The molecule has 0 aromatic carbocycles. The minimum atomic E-state index is 0.133. The fraction of sp³-hybridized carbons (Fsp3) is 0.867. The second-order valence-corrected chi connectivity index (χ2v) is 5.85. The number of likely N-dealkylation sites (tertiary alicyclic amines) is 1. The average molecular weight is 283 g/mol. The highest BCUT2D eigenvalue weighted by Gasteiger charge is 2.23. The van der Waals surface area contributed by atoms with Crippen LogP contribution < -0.4 is 11.1 Å². The van der Waals surface area contributed by atoms with Gasteiger partial charge in [0.25, 0.3) is 0 Å². The molecule has 0 aliphatic carbocycles. The van der Waals surface area contributed by atoms with Crippen LogP contribution in [0.1, 0.15) is 52.4 Å². The van der Waals surface area contributed by atoms with E-state index in [2.05, 4.69) is 12.2 Å². The number of nitrogens with one attached hydrogen (secondary N) is 1. The highest BCUT2D eigenvalue weighted by molar-refractivity contribution is 5.77. The number of hydrogen-bond donors (Lipinski definition) is 2. The molecule has 1 fully saturated rings. The van der Waals surface area contributed by atoms with Crippen molar-refractivity contribution >= 4 is 11.8 Å². The molecule has 0 spiro atoms. The second-order valence-electron chi connectivity index (χ2n) is 5.85. The fourth-order valence-corrected chi connectivity index (χ4v) is 2.45. The van der Waals surface area contributed by atoms with Crippen molar-refractivity contribution in [3.8, 4) is 0 Å². The minimum Gasteiger partial charge on any atom is -0.353 e. The Morgan fingerprint density at radius 2 is 1.95 bits per heavy atom. The van der Waals surface area contributed by atoms with Gasteiger partial charge >= 0.3 is 0 Å². The van der Waals surface area contributed by atoms with E-state index in [0.717, 1.165) is 38.8 Å². The topological polar surface area (TPSA) is 75.4 Å². The first-order valence-corrected chi connectivity index (χ1v) is 7.84. The molecule has 0 aromatic heterocycles. The number of rotatable bonds is 7. The Labute approximate surface area is 122 Å². The summed E-state index contributed by atoms with van der Waals surface area (Å²) in [6, 6.07) is 0.237. The van der Waals surface area contributed by atoms with Gasteiger partial charge in [-0.25, -0.2) is 0 Å². The van der Waals surface area contributed by atoms with Crippen LogP contribution in [-0.4, -0.2) is 42.4 Å². The summed E-state index contributed by atoms with van der Waals surface area (Å²) in [7, 11) is 0. The maximum absolute atomic E-state index is 12.0. The summed E-state index contributed by atoms with van der Waals surface area (Å²) in [5.41, 5.74) is 5.56. The maximum Gasteiger partial charge on any atom is 0.222 e. The predicted molar refractivity (Wildman–Crippen MR) is 80.1 cm³/mol. The number of carbonyl (C=O) groups excluding carboxylic acids is 2. The molecule has 0 radical (unpaired) electrons. The molecule has 20 heavy (non-hydrogen) atoms. The van der Waals surface area contributed by atoms with Crippen LogP contribution in [0.15, 0.2) is 0 Å². The van der Waals surface area contributed by atoms with E-state index in [-0.39, 0.29) is 17.9 Å². The summed E-state index contributed by atoms with van der Waals surface area (Å²) < 4.78 is 0. The van der Waals surface area contributed by atoms with Crippen molar-refractivity contribution in [3.05, 3.63) is 0 Å². The summed E-state index contributed by atoms with van der Waals surface area (Å²) >= 11 is 0. The molecule has 116 valence electrons. The van der Waals surface area contributed by atoms with E-state index >= 15 is 0 Å². The zero-order valence-electron chi connectivity index (χ0n) is 12.9. The van der Waals surface area contributed by atoms with Gasteiger partial charge in [0.05, 0.1) is 0 Å². The lowest BCUT2D eigenvalue weighted by Gasteiger charge is -2.32. The summed E-state index contributed by atoms with van der Waals surface area (Å²) in [5, 5.41) is 3.05. The Morgan fingerprint density at radius 1 is 1.30 bits per heavy atom. The van der Waals surface area contributed by atoms with Gasteiger partial charge in [0.15, 0.2) is 0 Å². The number of carbonyl (C=O) groups is 2. The lowest BCUT2D eigenvalue weighted by atomic mass is 10.0. The first-order valence-electron chi connectivity index (χ1n) is 7.84. The van der Waals surface area contributed by atoms with Gasteiger partial charge in [0.2, 0.25) is 11.8 Å². The molecule has 0 saturated carbocycles. The van der Waals surface area contributed by atoms with Crippen molar-refractivity contribution in [2.75, 3.05) is 19.6 Å². The number of nitrogens with zero attached hydrogens (tertiary/aromatic N) is 1. The van der Waals surface area contributed by atoms with Crippen LogP contribution in [0.5, 0.6) is 0 Å². The Morgan fingerprint density at radius 3 is 2.50 bits per heavy atom. The number of amides is 2. The molecule has 1 rings (SSSR count). The van der Waals surface area contributed by atoms with Gasteiger partial charge in [-0.15, -0.1) is 0 Å². The maximum atomic E-state index is 12.0. The van der Waals surface area contributed by atoms with Gasteiger partial charge < -0.3 is 16.0 Å². The third-order valence-corrected chi connectivity index (χ3v) is 3.94. The van der Waals surface area contributed by atoms with E-state index < -0.39 is 0 Å². The molecule has 1 heterocycles. The zero-order chi connectivity index (χ0) is 15.0. The van der Waals surface area contributed by atoms with Crippen LogP contribution in [0.2, 0.25) is 0 Å². The number of piperidine rings is 1. The average Bonchev–Trinajstić information content (AvgIpc) is 2.45. The lowest BCUT2D eigenvalue weighted by Crippen LogP contribution is -2.46. The van der Waals surface area contributed by atoms with Crippen molar-refractivity contribution in [1.29, 1.82) is 0 Å². The first-order chi connectivity index (χ1) is 9.56. The van der Waals surface area contributed by atoms with E-state index in [1.165, 1.54) is 0 Å². The highest BCUT2D eigenvalue weighted by Crippen LogP contribution is 2.14. The van der Waals surface area contributed by atoms with Crippen LogP contribution in [0.4, 0.5) is 0 Å². The number of hydrogen-bond acceptors (Lipinski definition) is 3. The summed E-state index contributed by atoms with van der Waals surface area (Å²) in [5.74, 6) is 0.766. The van der Waals surface area contributed by atoms with Crippen molar-refractivity contribution in [3.63, 3.8) is 0 Å². The van der Waals surface area contributed by atoms with E-state index in [0.29, 0.717) is 25.3 Å². The second kappa shape index (κ2) is 8.95. The quantitative estimate of drug-likeness (QED) is 0.739. The van der Waals surface area contributed by atoms with E-state index in [1.807, 2.05) is 11.8 Å². The molecule has 2 amide bonds. The molecule has 1 aliphatic heterocycles. The Balaban J connectivity index is 2.24. The van der Waals surface area contributed by atoms with Gasteiger partial charge in [-0.1, -0.05) is 13.8 Å². The molecule has 3 N–H and O–H groups in total. The summed E-state index contributed by atoms with van der Waals surface area (Å²) in [6.45, 7) is 6.23. The normalized spacial score (nSPS) is 17.9. The van der Waals surface area contributed by atoms with E-state index in [4.69, 9.17) is 5.73 Å². The van der Waals surface area contributed by atoms with Gasteiger partial charge in [0.1, 0.15) is 0 Å². The standard InChI is InChI=1S/C15H29N3O2/c1-3-4-14(19)17-13-7-9-18(10-8-13)15(20)6-5-12(2)11-16/h12-13H,3-11,16H2,1-2H3,(H,17,19). The largest absolute Gasteiger partial charge is 0.353 e. The van der Waals surface area contributed by atoms with Crippen molar-refractivity contribution < 1.29 is 9.59 Å². The molecular weight excluding hydrogens is 254 g/mol. The Hall–Kier alpha value is -1.10. The van der Waals surface area contributed by atoms with E-state index in [1.54, 1.807) is 0 Å². The van der Waals surface area contributed by atoms with Gasteiger partial charge in [-0.3, -0.25) is 9.59 Å². The van der Waals surface area contributed by atoms with Crippen LogP contribution in [0, 0.1) is 5.92 Å². The third-order valence-electron chi connectivity index (χ3n) is 3.94. The van der Waals surface area contributed by atoms with Crippen LogP contribution in [0.25, 0.3) is 0 Å².